The maximum Gasteiger partial charge on any atom is 0.387 e. The van der Waals surface area contributed by atoms with Gasteiger partial charge in [0.2, 0.25) is 0 Å². The van der Waals surface area contributed by atoms with E-state index < -0.39 is 6.61 Å². The van der Waals surface area contributed by atoms with E-state index in [4.69, 9.17) is 4.74 Å². The predicted molar refractivity (Wildman–Crippen MR) is 65.1 cm³/mol. The van der Waals surface area contributed by atoms with E-state index in [2.05, 4.69) is 10.1 Å². The number of anilines is 1. The number of nitrogens with one attached hydrogen (secondary N) is 1. The second-order valence-corrected chi connectivity index (χ2v) is 4.42. The summed E-state index contributed by atoms with van der Waals surface area (Å²) >= 11 is 0. The van der Waals surface area contributed by atoms with E-state index in [1.54, 1.807) is 18.2 Å². The molecule has 0 spiro atoms. The van der Waals surface area contributed by atoms with Gasteiger partial charge in [-0.05, 0) is 31.9 Å². The Morgan fingerprint density at radius 1 is 1.39 bits per heavy atom. The molecule has 100 valence electrons. The maximum absolute atomic E-state index is 12.3. The molecule has 0 aliphatic carbocycles. The first-order chi connectivity index (χ1) is 8.65. The van der Waals surface area contributed by atoms with Crippen molar-refractivity contribution in [2.24, 2.45) is 0 Å². The van der Waals surface area contributed by atoms with Crippen molar-refractivity contribution in [1.29, 1.82) is 0 Å². The molecule has 5 heteroatoms. The molecule has 0 aromatic heterocycles. The molecule has 2 atom stereocenters. The average Bonchev–Trinajstić information content (AvgIpc) is 2.31. The Kier molecular flexibility index (Phi) is 4.36. The SMILES string of the molecule is CC1CC(Nc2ccccc2OC(F)F)CCO1. The van der Waals surface area contributed by atoms with E-state index >= 15 is 0 Å². The highest BCUT2D eigenvalue weighted by atomic mass is 19.3. The van der Waals surface area contributed by atoms with E-state index in [0.29, 0.717) is 12.3 Å². The van der Waals surface area contributed by atoms with Crippen LogP contribution in [0.5, 0.6) is 5.75 Å². The minimum atomic E-state index is -2.80. The summed E-state index contributed by atoms with van der Waals surface area (Å²) in [5.41, 5.74) is 0.608. The number of benzene rings is 1. The fourth-order valence-corrected chi connectivity index (χ4v) is 2.13. The normalized spacial score (nSPS) is 24.0. The van der Waals surface area contributed by atoms with Crippen LogP contribution in [-0.4, -0.2) is 25.4 Å². The summed E-state index contributed by atoms with van der Waals surface area (Å²) in [4.78, 5) is 0. The summed E-state index contributed by atoms with van der Waals surface area (Å²) in [5.74, 6) is 0.187. The summed E-state index contributed by atoms with van der Waals surface area (Å²) in [5, 5.41) is 3.25. The van der Waals surface area contributed by atoms with Crippen LogP contribution < -0.4 is 10.1 Å². The molecule has 1 aromatic rings. The number of halogens is 2. The number of ether oxygens (including phenoxy) is 2. The van der Waals surface area contributed by atoms with Gasteiger partial charge < -0.3 is 14.8 Å². The van der Waals surface area contributed by atoms with Crippen LogP contribution in [0.2, 0.25) is 0 Å². The van der Waals surface area contributed by atoms with Crippen molar-refractivity contribution < 1.29 is 18.3 Å². The van der Waals surface area contributed by atoms with Crippen LogP contribution in [0.1, 0.15) is 19.8 Å². The van der Waals surface area contributed by atoms with Crippen LogP contribution in [0.4, 0.5) is 14.5 Å². The van der Waals surface area contributed by atoms with Crippen molar-refractivity contribution in [2.75, 3.05) is 11.9 Å². The third-order valence-corrected chi connectivity index (χ3v) is 2.95. The lowest BCUT2D eigenvalue weighted by Gasteiger charge is -2.29. The van der Waals surface area contributed by atoms with Gasteiger partial charge in [0, 0.05) is 12.6 Å². The number of hydrogen-bond donors (Lipinski definition) is 1. The molecule has 0 saturated carbocycles. The average molecular weight is 257 g/mol. The van der Waals surface area contributed by atoms with Gasteiger partial charge in [0.15, 0.2) is 0 Å². The molecule has 0 bridgehead atoms. The fraction of sp³-hybridized carbons (Fsp3) is 0.538. The van der Waals surface area contributed by atoms with Crippen molar-refractivity contribution in [2.45, 2.75) is 38.5 Å². The quantitative estimate of drug-likeness (QED) is 0.898. The summed E-state index contributed by atoms with van der Waals surface area (Å²) in [7, 11) is 0. The second kappa shape index (κ2) is 6.00. The molecular formula is C13H17F2NO2. The minimum Gasteiger partial charge on any atom is -0.433 e. The van der Waals surface area contributed by atoms with Gasteiger partial charge in [-0.25, -0.2) is 0 Å². The third-order valence-electron chi connectivity index (χ3n) is 2.95. The predicted octanol–water partition coefficient (Wildman–Crippen LogP) is 3.27. The zero-order valence-corrected chi connectivity index (χ0v) is 10.2. The molecule has 18 heavy (non-hydrogen) atoms. The first-order valence-corrected chi connectivity index (χ1v) is 6.07. The molecule has 3 nitrogen and oxygen atoms in total. The van der Waals surface area contributed by atoms with Crippen LogP contribution in [0.15, 0.2) is 24.3 Å². The first kappa shape index (κ1) is 13.1. The monoisotopic (exact) mass is 257 g/mol. The van der Waals surface area contributed by atoms with Gasteiger partial charge in [0.25, 0.3) is 0 Å². The van der Waals surface area contributed by atoms with Crippen molar-refractivity contribution in [1.82, 2.24) is 0 Å². The van der Waals surface area contributed by atoms with Gasteiger partial charge in [-0.15, -0.1) is 0 Å². The fourth-order valence-electron chi connectivity index (χ4n) is 2.13. The molecule has 2 unspecified atom stereocenters. The minimum absolute atomic E-state index is 0.187. The van der Waals surface area contributed by atoms with Crippen LogP contribution in [-0.2, 0) is 4.74 Å². The standard InChI is InChI=1S/C13H17F2NO2/c1-9-8-10(6-7-17-9)16-11-4-2-3-5-12(11)18-13(14)15/h2-5,9-10,13,16H,6-8H2,1H3. The van der Waals surface area contributed by atoms with Crippen LogP contribution in [0.3, 0.4) is 0 Å². The number of hydrogen-bond acceptors (Lipinski definition) is 3. The Hall–Kier alpha value is -1.36. The first-order valence-electron chi connectivity index (χ1n) is 6.07. The van der Waals surface area contributed by atoms with Gasteiger partial charge in [0.05, 0.1) is 11.8 Å². The van der Waals surface area contributed by atoms with E-state index in [0.717, 1.165) is 12.8 Å². The molecule has 1 aromatic carbocycles. The van der Waals surface area contributed by atoms with Crippen LogP contribution >= 0.6 is 0 Å². The third kappa shape index (κ3) is 3.57. The summed E-state index contributed by atoms with van der Waals surface area (Å²) in [6.45, 7) is -0.104. The highest BCUT2D eigenvalue weighted by molar-refractivity contribution is 5.56. The van der Waals surface area contributed by atoms with Crippen LogP contribution in [0, 0.1) is 0 Å². The van der Waals surface area contributed by atoms with Gasteiger partial charge in [0.1, 0.15) is 5.75 Å². The Labute approximate surface area is 105 Å². The molecule has 1 saturated heterocycles. The van der Waals surface area contributed by atoms with Crippen molar-refractivity contribution >= 4 is 5.69 Å². The molecule has 1 aliphatic heterocycles. The van der Waals surface area contributed by atoms with Crippen molar-refractivity contribution in [3.05, 3.63) is 24.3 Å². The summed E-state index contributed by atoms with van der Waals surface area (Å²) in [6.07, 6.45) is 1.93. The van der Waals surface area contributed by atoms with E-state index in [9.17, 15) is 8.78 Å². The highest BCUT2D eigenvalue weighted by Gasteiger charge is 2.20. The number of rotatable bonds is 4. The van der Waals surface area contributed by atoms with Gasteiger partial charge in [-0.2, -0.15) is 8.78 Å². The van der Waals surface area contributed by atoms with E-state index in [-0.39, 0.29) is 17.9 Å². The smallest absolute Gasteiger partial charge is 0.387 e. The van der Waals surface area contributed by atoms with Gasteiger partial charge >= 0.3 is 6.61 Å². The topological polar surface area (TPSA) is 30.5 Å². The van der Waals surface area contributed by atoms with Crippen molar-refractivity contribution in [3.8, 4) is 5.75 Å². The maximum atomic E-state index is 12.3. The van der Waals surface area contributed by atoms with Crippen LogP contribution in [0.25, 0.3) is 0 Å². The highest BCUT2D eigenvalue weighted by Crippen LogP contribution is 2.28. The molecule has 1 heterocycles. The Bertz CT molecular complexity index is 387. The van der Waals surface area contributed by atoms with Gasteiger partial charge in [-0.1, -0.05) is 12.1 Å². The molecule has 0 radical (unpaired) electrons. The summed E-state index contributed by atoms with van der Waals surface area (Å²) < 4.78 is 34.5. The Balaban J connectivity index is 2.03. The Morgan fingerprint density at radius 2 is 2.17 bits per heavy atom. The molecule has 0 amide bonds. The van der Waals surface area contributed by atoms with E-state index in [1.165, 1.54) is 6.07 Å². The lowest BCUT2D eigenvalue weighted by atomic mass is 10.0. The molecule has 1 N–H and O–H groups in total. The summed E-state index contributed by atoms with van der Waals surface area (Å²) in [6, 6.07) is 6.99. The zero-order valence-electron chi connectivity index (χ0n) is 10.2. The second-order valence-electron chi connectivity index (χ2n) is 4.42. The largest absolute Gasteiger partial charge is 0.433 e. The molecule has 1 fully saturated rings. The molecule has 2 rings (SSSR count). The zero-order chi connectivity index (χ0) is 13.0. The number of alkyl halides is 2. The molecular weight excluding hydrogens is 240 g/mol. The lowest BCUT2D eigenvalue weighted by Crippen LogP contribution is -2.32. The molecule has 1 aliphatic rings. The lowest BCUT2D eigenvalue weighted by molar-refractivity contribution is -0.0494. The van der Waals surface area contributed by atoms with E-state index in [1.807, 2.05) is 6.92 Å². The van der Waals surface area contributed by atoms with Gasteiger partial charge in [-0.3, -0.25) is 0 Å². The Morgan fingerprint density at radius 3 is 2.89 bits per heavy atom. The number of para-hydroxylation sites is 2. The van der Waals surface area contributed by atoms with Crippen molar-refractivity contribution in [3.63, 3.8) is 0 Å².